The molecule has 0 amide bonds. The Balaban J connectivity index is 1.69. The molecule has 0 atom stereocenters. The summed E-state index contributed by atoms with van der Waals surface area (Å²) >= 11 is 0. The van der Waals surface area contributed by atoms with Gasteiger partial charge in [0.1, 0.15) is 0 Å². The van der Waals surface area contributed by atoms with Crippen LogP contribution in [0.1, 0.15) is 11.3 Å². The van der Waals surface area contributed by atoms with Crippen molar-refractivity contribution in [2.45, 2.75) is 12.8 Å². The fraction of sp³-hybridized carbons (Fsp3) is 0.118. The minimum atomic E-state index is 0.992. The highest BCUT2D eigenvalue weighted by Gasteiger charge is 2.04. The first-order chi connectivity index (χ1) is 9.90. The molecule has 2 aromatic heterocycles. The fourth-order valence-corrected chi connectivity index (χ4v) is 2.76. The third kappa shape index (κ3) is 1.88. The maximum atomic E-state index is 4.05. The molecule has 0 fully saturated rings. The quantitative estimate of drug-likeness (QED) is 0.578. The number of H-pyrrole nitrogens is 2. The highest BCUT2D eigenvalue weighted by Crippen LogP contribution is 2.26. The van der Waals surface area contributed by atoms with Crippen molar-refractivity contribution in [3.05, 3.63) is 66.2 Å². The number of hydrogen-bond donors (Lipinski definition) is 2. The van der Waals surface area contributed by atoms with Crippen molar-refractivity contribution in [3.8, 4) is 0 Å². The van der Waals surface area contributed by atoms with Crippen LogP contribution >= 0.6 is 0 Å². The van der Waals surface area contributed by atoms with Crippen LogP contribution in [0.2, 0.25) is 0 Å². The first kappa shape index (κ1) is 11.3. The molecule has 2 heterocycles. The summed E-state index contributed by atoms with van der Waals surface area (Å²) in [6, 6.07) is 15.1. The number of fused-ring (bicyclic) bond motifs is 3. The molecule has 3 nitrogen and oxygen atoms in total. The number of imidazole rings is 1. The van der Waals surface area contributed by atoms with E-state index in [1.54, 1.807) is 6.33 Å². The minimum Gasteiger partial charge on any atom is -0.355 e. The molecule has 4 rings (SSSR count). The molecule has 4 aromatic rings. The van der Waals surface area contributed by atoms with Crippen LogP contribution in [0.25, 0.3) is 21.8 Å². The molecule has 0 saturated carbocycles. The summed E-state index contributed by atoms with van der Waals surface area (Å²) < 4.78 is 0. The molecule has 0 aliphatic heterocycles. The average molecular weight is 261 g/mol. The van der Waals surface area contributed by atoms with Gasteiger partial charge >= 0.3 is 0 Å². The molecule has 2 N–H and O–H groups in total. The Bertz CT molecular complexity index is 856. The van der Waals surface area contributed by atoms with E-state index in [4.69, 9.17) is 0 Å². The smallest absolute Gasteiger partial charge is 0.0921 e. The maximum Gasteiger partial charge on any atom is 0.0921 e. The topological polar surface area (TPSA) is 44.5 Å². The van der Waals surface area contributed by atoms with E-state index in [1.165, 1.54) is 33.1 Å². The van der Waals surface area contributed by atoms with Crippen LogP contribution < -0.4 is 0 Å². The molecule has 0 saturated heterocycles. The Morgan fingerprint density at radius 2 is 1.80 bits per heavy atom. The number of aromatic amines is 2. The van der Waals surface area contributed by atoms with Gasteiger partial charge in [-0.25, -0.2) is 4.98 Å². The van der Waals surface area contributed by atoms with Crippen molar-refractivity contribution >= 4 is 21.8 Å². The maximum absolute atomic E-state index is 4.05. The van der Waals surface area contributed by atoms with Crippen molar-refractivity contribution in [1.29, 1.82) is 0 Å². The van der Waals surface area contributed by atoms with Gasteiger partial charge in [-0.15, -0.1) is 0 Å². The van der Waals surface area contributed by atoms with Gasteiger partial charge in [-0.3, -0.25) is 0 Å². The number of para-hydroxylation sites is 1. The molecule has 0 bridgehead atoms. The predicted molar refractivity (Wildman–Crippen MR) is 81.8 cm³/mol. The molecule has 0 aliphatic rings. The van der Waals surface area contributed by atoms with Gasteiger partial charge in [0.15, 0.2) is 0 Å². The van der Waals surface area contributed by atoms with Crippen molar-refractivity contribution in [3.63, 3.8) is 0 Å². The summed E-state index contributed by atoms with van der Waals surface area (Å²) in [7, 11) is 0. The monoisotopic (exact) mass is 261 g/mol. The molecule has 98 valence electrons. The SMILES string of the molecule is c1ccc2c(c1)[nH]c1cc(CCc3cnc[nH]3)ccc12. The number of aromatic nitrogens is 3. The van der Waals surface area contributed by atoms with E-state index in [-0.39, 0.29) is 0 Å². The first-order valence-electron chi connectivity index (χ1n) is 6.87. The van der Waals surface area contributed by atoms with E-state index >= 15 is 0 Å². The summed E-state index contributed by atoms with van der Waals surface area (Å²) in [5.41, 5.74) is 4.95. The second kappa shape index (κ2) is 4.53. The third-order valence-electron chi connectivity index (χ3n) is 3.81. The van der Waals surface area contributed by atoms with Crippen LogP contribution in [-0.4, -0.2) is 15.0 Å². The molecular weight excluding hydrogens is 246 g/mol. The lowest BCUT2D eigenvalue weighted by Gasteiger charge is -2.00. The van der Waals surface area contributed by atoms with Gasteiger partial charge in [0.25, 0.3) is 0 Å². The summed E-state index contributed by atoms with van der Waals surface area (Å²) in [4.78, 5) is 10.7. The highest BCUT2D eigenvalue weighted by molar-refractivity contribution is 6.07. The molecule has 3 heteroatoms. The van der Waals surface area contributed by atoms with Crippen LogP contribution in [0.15, 0.2) is 55.0 Å². The van der Waals surface area contributed by atoms with Crippen LogP contribution in [0.5, 0.6) is 0 Å². The third-order valence-corrected chi connectivity index (χ3v) is 3.81. The fourth-order valence-electron chi connectivity index (χ4n) is 2.76. The van der Waals surface area contributed by atoms with E-state index in [2.05, 4.69) is 57.4 Å². The lowest BCUT2D eigenvalue weighted by molar-refractivity contribution is 0.927. The minimum absolute atomic E-state index is 0.992. The van der Waals surface area contributed by atoms with Gasteiger partial charge in [0.05, 0.1) is 6.33 Å². The van der Waals surface area contributed by atoms with Gasteiger partial charge in [0.2, 0.25) is 0 Å². The van der Waals surface area contributed by atoms with E-state index in [0.717, 1.165) is 12.8 Å². The van der Waals surface area contributed by atoms with Gasteiger partial charge < -0.3 is 9.97 Å². The van der Waals surface area contributed by atoms with Gasteiger partial charge in [0, 0.05) is 33.7 Å². The second-order valence-corrected chi connectivity index (χ2v) is 5.13. The van der Waals surface area contributed by atoms with E-state index in [9.17, 15) is 0 Å². The van der Waals surface area contributed by atoms with Gasteiger partial charge in [-0.2, -0.15) is 0 Å². The van der Waals surface area contributed by atoms with Crippen molar-refractivity contribution in [2.75, 3.05) is 0 Å². The standard InChI is InChI=1S/C17H15N3/c1-2-4-16-14(3-1)15-8-6-12(9-17(15)20-16)5-7-13-10-18-11-19-13/h1-4,6,8-11,20H,5,7H2,(H,18,19). The van der Waals surface area contributed by atoms with Gasteiger partial charge in [-0.05, 0) is 30.5 Å². The van der Waals surface area contributed by atoms with E-state index < -0.39 is 0 Å². The summed E-state index contributed by atoms with van der Waals surface area (Å²) in [5, 5.41) is 2.59. The molecule has 0 aliphatic carbocycles. The lowest BCUT2D eigenvalue weighted by atomic mass is 10.1. The number of nitrogens with zero attached hydrogens (tertiary/aromatic N) is 1. The number of aryl methyl sites for hydroxylation is 2. The molecule has 0 unspecified atom stereocenters. The zero-order valence-electron chi connectivity index (χ0n) is 11.1. The lowest BCUT2D eigenvalue weighted by Crippen LogP contribution is -1.91. The zero-order chi connectivity index (χ0) is 13.4. The van der Waals surface area contributed by atoms with E-state index in [0.29, 0.717) is 0 Å². The number of nitrogens with one attached hydrogen (secondary N) is 2. The molecule has 0 spiro atoms. The second-order valence-electron chi connectivity index (χ2n) is 5.13. The Kier molecular flexibility index (Phi) is 2.56. The highest BCUT2D eigenvalue weighted by atomic mass is 14.9. The Labute approximate surface area is 116 Å². The van der Waals surface area contributed by atoms with Crippen molar-refractivity contribution in [1.82, 2.24) is 15.0 Å². The molecular formula is C17H15N3. The number of hydrogen-bond acceptors (Lipinski definition) is 1. The van der Waals surface area contributed by atoms with Gasteiger partial charge in [-0.1, -0.05) is 30.3 Å². The van der Waals surface area contributed by atoms with Crippen molar-refractivity contribution in [2.24, 2.45) is 0 Å². The molecule has 0 radical (unpaired) electrons. The average Bonchev–Trinajstić information content (AvgIpc) is 3.12. The summed E-state index contributed by atoms with van der Waals surface area (Å²) in [6.45, 7) is 0. The number of benzene rings is 2. The predicted octanol–water partition coefficient (Wildman–Crippen LogP) is 3.83. The summed E-state index contributed by atoms with van der Waals surface area (Å²) in [6.07, 6.45) is 5.64. The van der Waals surface area contributed by atoms with Crippen LogP contribution in [0.3, 0.4) is 0 Å². The zero-order valence-corrected chi connectivity index (χ0v) is 11.1. The Hall–Kier alpha value is -2.55. The van der Waals surface area contributed by atoms with Crippen LogP contribution in [0, 0.1) is 0 Å². The van der Waals surface area contributed by atoms with Crippen LogP contribution in [-0.2, 0) is 12.8 Å². The van der Waals surface area contributed by atoms with E-state index in [1.807, 2.05) is 6.20 Å². The largest absolute Gasteiger partial charge is 0.355 e. The molecule has 2 aromatic carbocycles. The molecule has 20 heavy (non-hydrogen) atoms. The Morgan fingerprint density at radius 1 is 0.900 bits per heavy atom. The first-order valence-corrected chi connectivity index (χ1v) is 6.87. The number of rotatable bonds is 3. The van der Waals surface area contributed by atoms with Crippen molar-refractivity contribution < 1.29 is 0 Å². The Morgan fingerprint density at radius 3 is 2.70 bits per heavy atom. The normalized spacial score (nSPS) is 11.4. The summed E-state index contributed by atoms with van der Waals surface area (Å²) in [5.74, 6) is 0. The van der Waals surface area contributed by atoms with Crippen LogP contribution in [0.4, 0.5) is 0 Å².